The van der Waals surface area contributed by atoms with Gasteiger partial charge in [0.15, 0.2) is 0 Å². The van der Waals surface area contributed by atoms with Gasteiger partial charge < -0.3 is 15.1 Å². The minimum atomic E-state index is -0.531. The van der Waals surface area contributed by atoms with Crippen LogP contribution in [0, 0.1) is 5.92 Å². The molecule has 1 aromatic rings. The predicted octanol–water partition coefficient (Wildman–Crippen LogP) is 2.87. The van der Waals surface area contributed by atoms with E-state index in [1.54, 1.807) is 4.90 Å². The van der Waals surface area contributed by atoms with Crippen LogP contribution in [0.25, 0.3) is 0 Å². The van der Waals surface area contributed by atoms with Gasteiger partial charge in [-0.3, -0.25) is 9.59 Å². The van der Waals surface area contributed by atoms with E-state index < -0.39 is 11.8 Å². The van der Waals surface area contributed by atoms with E-state index in [1.165, 1.54) is 18.5 Å². The molecule has 0 bridgehead atoms. The number of piperidine rings is 2. The summed E-state index contributed by atoms with van der Waals surface area (Å²) in [5, 5.41) is 2.73. The van der Waals surface area contributed by atoms with Crippen molar-refractivity contribution in [1.82, 2.24) is 4.90 Å². The Hall–Kier alpha value is -2.04. The van der Waals surface area contributed by atoms with Crippen LogP contribution in [0.4, 0.5) is 11.4 Å². The van der Waals surface area contributed by atoms with Crippen molar-refractivity contribution in [2.24, 2.45) is 5.92 Å². The van der Waals surface area contributed by atoms with Crippen molar-refractivity contribution in [1.29, 1.82) is 0 Å². The normalized spacial score (nSPS) is 19.2. The number of amides is 2. The summed E-state index contributed by atoms with van der Waals surface area (Å²) in [7, 11) is 0. The molecule has 0 atom stereocenters. The number of rotatable bonds is 2. The molecule has 2 saturated heterocycles. The van der Waals surface area contributed by atoms with Crippen LogP contribution in [0.3, 0.4) is 0 Å². The van der Waals surface area contributed by atoms with E-state index in [4.69, 9.17) is 0 Å². The molecule has 2 aliphatic heterocycles. The summed E-state index contributed by atoms with van der Waals surface area (Å²) in [6, 6.07) is 7.82. The fourth-order valence-corrected chi connectivity index (χ4v) is 3.45. The maximum atomic E-state index is 12.2. The monoisotopic (exact) mass is 329 g/mol. The molecule has 3 rings (SSSR count). The number of anilines is 2. The zero-order valence-electron chi connectivity index (χ0n) is 14.5. The average molecular weight is 329 g/mol. The van der Waals surface area contributed by atoms with Crippen LogP contribution in [0.2, 0.25) is 0 Å². The SMILES string of the molecule is CC1CCN(c2ccc(NC(=O)C(=O)N3CCCCC3)cc2)CC1. The zero-order valence-corrected chi connectivity index (χ0v) is 14.5. The van der Waals surface area contributed by atoms with Gasteiger partial charge in [0.05, 0.1) is 0 Å². The van der Waals surface area contributed by atoms with Gasteiger partial charge in [0.25, 0.3) is 0 Å². The molecule has 0 aliphatic carbocycles. The molecule has 130 valence electrons. The second-order valence-electron chi connectivity index (χ2n) is 7.02. The molecule has 1 N–H and O–H groups in total. The highest BCUT2D eigenvalue weighted by Gasteiger charge is 2.23. The van der Waals surface area contributed by atoms with Gasteiger partial charge in [0, 0.05) is 37.6 Å². The molecule has 1 aromatic carbocycles. The summed E-state index contributed by atoms with van der Waals surface area (Å²) in [5.41, 5.74) is 1.86. The summed E-state index contributed by atoms with van der Waals surface area (Å²) in [6.45, 7) is 5.85. The lowest BCUT2D eigenvalue weighted by Crippen LogP contribution is -2.42. The Morgan fingerprint density at radius 2 is 1.58 bits per heavy atom. The van der Waals surface area contributed by atoms with Gasteiger partial charge in [-0.25, -0.2) is 0 Å². The van der Waals surface area contributed by atoms with E-state index in [-0.39, 0.29) is 0 Å². The first kappa shape index (κ1) is 16.8. The number of benzene rings is 1. The van der Waals surface area contributed by atoms with Gasteiger partial charge in [0.1, 0.15) is 0 Å². The van der Waals surface area contributed by atoms with Gasteiger partial charge in [-0.1, -0.05) is 6.92 Å². The Morgan fingerprint density at radius 3 is 2.21 bits per heavy atom. The molecule has 2 heterocycles. The highest BCUT2D eigenvalue weighted by Crippen LogP contribution is 2.24. The van der Waals surface area contributed by atoms with Crippen LogP contribution in [0.15, 0.2) is 24.3 Å². The number of nitrogens with one attached hydrogen (secondary N) is 1. The lowest BCUT2D eigenvalue weighted by molar-refractivity contribution is -0.143. The first-order chi connectivity index (χ1) is 11.6. The number of carbonyl (C=O) groups is 2. The minimum Gasteiger partial charge on any atom is -0.372 e. The van der Waals surface area contributed by atoms with Gasteiger partial charge in [0.2, 0.25) is 0 Å². The van der Waals surface area contributed by atoms with Crippen molar-refractivity contribution in [2.45, 2.75) is 39.0 Å². The first-order valence-corrected chi connectivity index (χ1v) is 9.09. The van der Waals surface area contributed by atoms with Crippen LogP contribution in [0.1, 0.15) is 39.0 Å². The Balaban J connectivity index is 1.55. The van der Waals surface area contributed by atoms with Gasteiger partial charge in [-0.05, 0) is 62.3 Å². The molecule has 5 nitrogen and oxygen atoms in total. The Kier molecular flexibility index (Phi) is 5.38. The molecule has 0 saturated carbocycles. The summed E-state index contributed by atoms with van der Waals surface area (Å²) < 4.78 is 0. The molecule has 0 aromatic heterocycles. The van der Waals surface area contributed by atoms with Crippen molar-refractivity contribution in [3.8, 4) is 0 Å². The summed E-state index contributed by atoms with van der Waals surface area (Å²) >= 11 is 0. The third kappa shape index (κ3) is 4.08. The lowest BCUT2D eigenvalue weighted by atomic mass is 9.99. The highest BCUT2D eigenvalue weighted by molar-refractivity contribution is 6.39. The molecule has 0 unspecified atom stereocenters. The fraction of sp³-hybridized carbons (Fsp3) is 0.579. The maximum Gasteiger partial charge on any atom is 0.313 e. The number of hydrogen-bond acceptors (Lipinski definition) is 3. The zero-order chi connectivity index (χ0) is 16.9. The van der Waals surface area contributed by atoms with E-state index >= 15 is 0 Å². The van der Waals surface area contributed by atoms with Gasteiger partial charge >= 0.3 is 11.8 Å². The molecular weight excluding hydrogens is 302 g/mol. The summed E-state index contributed by atoms with van der Waals surface area (Å²) in [6.07, 6.45) is 5.57. The molecule has 0 radical (unpaired) electrons. The van der Waals surface area contributed by atoms with Crippen molar-refractivity contribution in [3.63, 3.8) is 0 Å². The third-order valence-electron chi connectivity index (χ3n) is 5.11. The Labute approximate surface area is 144 Å². The van der Waals surface area contributed by atoms with Crippen LogP contribution in [-0.2, 0) is 9.59 Å². The standard InChI is InChI=1S/C19H27N3O2/c1-15-9-13-21(14-10-15)17-7-5-16(6-8-17)20-18(23)19(24)22-11-3-2-4-12-22/h5-8,15H,2-4,9-14H2,1H3,(H,20,23). The second-order valence-corrected chi connectivity index (χ2v) is 7.02. The Bertz CT molecular complexity index is 571. The van der Waals surface area contributed by atoms with Crippen LogP contribution in [-0.4, -0.2) is 42.9 Å². The minimum absolute atomic E-state index is 0.413. The van der Waals surface area contributed by atoms with Crippen molar-refractivity contribution in [3.05, 3.63) is 24.3 Å². The van der Waals surface area contributed by atoms with Crippen LogP contribution in [0.5, 0.6) is 0 Å². The molecule has 5 heteroatoms. The van der Waals surface area contributed by atoms with Crippen LogP contribution < -0.4 is 10.2 Å². The van der Waals surface area contributed by atoms with E-state index in [1.807, 2.05) is 24.3 Å². The number of carbonyl (C=O) groups excluding carboxylic acids is 2. The number of nitrogens with zero attached hydrogens (tertiary/aromatic N) is 2. The van der Waals surface area contributed by atoms with E-state index in [0.717, 1.165) is 38.3 Å². The largest absolute Gasteiger partial charge is 0.372 e. The number of likely N-dealkylation sites (tertiary alicyclic amines) is 1. The summed E-state index contributed by atoms with van der Waals surface area (Å²) in [4.78, 5) is 28.3. The van der Waals surface area contributed by atoms with E-state index in [0.29, 0.717) is 18.8 Å². The molecule has 24 heavy (non-hydrogen) atoms. The fourth-order valence-electron chi connectivity index (χ4n) is 3.45. The van der Waals surface area contributed by atoms with Gasteiger partial charge in [-0.15, -0.1) is 0 Å². The summed E-state index contributed by atoms with van der Waals surface area (Å²) in [5.74, 6) is -0.138. The topological polar surface area (TPSA) is 52.7 Å². The molecule has 2 aliphatic rings. The molecule has 2 fully saturated rings. The Morgan fingerprint density at radius 1 is 0.958 bits per heavy atom. The average Bonchev–Trinajstić information content (AvgIpc) is 2.63. The lowest BCUT2D eigenvalue weighted by Gasteiger charge is -2.32. The number of hydrogen-bond donors (Lipinski definition) is 1. The maximum absolute atomic E-state index is 12.2. The smallest absolute Gasteiger partial charge is 0.313 e. The molecular formula is C19H27N3O2. The first-order valence-electron chi connectivity index (χ1n) is 9.09. The van der Waals surface area contributed by atoms with E-state index in [2.05, 4.69) is 17.1 Å². The molecule has 0 spiro atoms. The quantitative estimate of drug-likeness (QED) is 0.849. The highest BCUT2D eigenvalue weighted by atomic mass is 16.2. The predicted molar refractivity (Wildman–Crippen MR) is 96.1 cm³/mol. The van der Waals surface area contributed by atoms with Crippen LogP contribution >= 0.6 is 0 Å². The van der Waals surface area contributed by atoms with E-state index in [9.17, 15) is 9.59 Å². The van der Waals surface area contributed by atoms with Crippen molar-refractivity contribution >= 4 is 23.2 Å². The van der Waals surface area contributed by atoms with Gasteiger partial charge in [-0.2, -0.15) is 0 Å². The molecule has 2 amide bonds. The van der Waals surface area contributed by atoms with Crippen molar-refractivity contribution < 1.29 is 9.59 Å². The van der Waals surface area contributed by atoms with Crippen molar-refractivity contribution in [2.75, 3.05) is 36.4 Å². The third-order valence-corrected chi connectivity index (χ3v) is 5.11. The second kappa shape index (κ2) is 7.69.